The molecule has 11 nitrogen and oxygen atoms in total. The molecule has 1 aromatic rings. The van der Waals surface area contributed by atoms with E-state index in [0.717, 1.165) is 31.5 Å². The monoisotopic (exact) mass is 542 g/mol. The Morgan fingerprint density at radius 3 is 2.44 bits per heavy atom. The third-order valence-electron chi connectivity index (χ3n) is 8.23. The van der Waals surface area contributed by atoms with Crippen molar-refractivity contribution in [2.45, 2.75) is 43.9 Å². The predicted molar refractivity (Wildman–Crippen MR) is 143 cm³/mol. The number of fused-ring (bicyclic) bond motifs is 3. The van der Waals surface area contributed by atoms with Crippen molar-refractivity contribution in [3.8, 4) is 5.75 Å². The van der Waals surface area contributed by atoms with E-state index in [1.165, 1.54) is 11.0 Å². The number of nitrogens with two attached hydrogens (primary N) is 1. The highest BCUT2D eigenvalue weighted by Gasteiger charge is 2.63. The molecule has 11 heteroatoms. The lowest BCUT2D eigenvalue weighted by molar-refractivity contribution is -0.148. The molecular formula is C28H38N4O7. The lowest BCUT2D eigenvalue weighted by atomic mass is 9.58. The van der Waals surface area contributed by atoms with Crippen molar-refractivity contribution < 1.29 is 34.8 Å². The highest BCUT2D eigenvalue weighted by Crippen LogP contribution is 2.52. The van der Waals surface area contributed by atoms with Gasteiger partial charge in [0, 0.05) is 18.0 Å². The Kier molecular flexibility index (Phi) is 7.91. The average Bonchev–Trinajstić information content (AvgIpc) is 2.84. The maximum atomic E-state index is 13.7. The molecule has 0 bridgehead atoms. The van der Waals surface area contributed by atoms with Crippen molar-refractivity contribution in [1.29, 1.82) is 0 Å². The van der Waals surface area contributed by atoms with Crippen LogP contribution in [0.4, 0.5) is 0 Å². The third kappa shape index (κ3) is 4.73. The number of rotatable bonds is 9. The van der Waals surface area contributed by atoms with Crippen LogP contribution in [0.25, 0.3) is 0 Å². The number of aliphatic hydroxyl groups is 3. The fraction of sp³-hybridized carbons (Fsp3) is 0.536. The summed E-state index contributed by atoms with van der Waals surface area (Å²) in [5, 5.41) is 47.9. The first-order valence-corrected chi connectivity index (χ1v) is 13.2. The molecule has 0 unspecified atom stereocenters. The topological polar surface area (TPSA) is 177 Å². The second-order valence-corrected chi connectivity index (χ2v) is 11.2. The molecule has 3 aliphatic rings. The maximum absolute atomic E-state index is 13.7. The number of hydrogen-bond acceptors (Lipinski definition) is 10. The zero-order valence-electron chi connectivity index (χ0n) is 22.8. The second-order valence-electron chi connectivity index (χ2n) is 11.2. The fourth-order valence-electron chi connectivity index (χ4n) is 6.38. The van der Waals surface area contributed by atoms with Gasteiger partial charge in [-0.2, -0.15) is 0 Å². The van der Waals surface area contributed by atoms with E-state index in [2.05, 4.69) is 10.2 Å². The van der Waals surface area contributed by atoms with Crippen molar-refractivity contribution >= 4 is 17.5 Å². The quantitative estimate of drug-likeness (QED) is 0.191. The molecule has 0 aliphatic heterocycles. The molecule has 212 valence electrons. The van der Waals surface area contributed by atoms with Gasteiger partial charge in [0.1, 0.15) is 22.8 Å². The first-order chi connectivity index (χ1) is 18.3. The number of phenols is 1. The van der Waals surface area contributed by atoms with Crippen molar-refractivity contribution in [2.75, 3.05) is 41.3 Å². The van der Waals surface area contributed by atoms with Crippen molar-refractivity contribution in [3.63, 3.8) is 0 Å². The van der Waals surface area contributed by atoms with Crippen molar-refractivity contribution in [2.24, 2.45) is 17.6 Å². The first-order valence-electron chi connectivity index (χ1n) is 13.2. The molecule has 0 saturated carbocycles. The van der Waals surface area contributed by atoms with Gasteiger partial charge in [0.25, 0.3) is 5.91 Å². The molecule has 0 heterocycles. The van der Waals surface area contributed by atoms with E-state index >= 15 is 0 Å². The first kappa shape index (κ1) is 28.8. The number of phenolic OH excluding ortho intramolecular Hbond substituents is 1. The van der Waals surface area contributed by atoms with E-state index in [4.69, 9.17) is 5.73 Å². The van der Waals surface area contributed by atoms with E-state index in [9.17, 15) is 34.8 Å². The molecule has 4 rings (SSSR count). The maximum Gasteiger partial charge on any atom is 0.255 e. The molecular weight excluding hydrogens is 504 g/mol. The fourth-order valence-corrected chi connectivity index (χ4v) is 6.38. The molecule has 0 spiro atoms. The smallest absolute Gasteiger partial charge is 0.255 e. The van der Waals surface area contributed by atoms with Crippen LogP contribution in [0.3, 0.4) is 0 Å². The van der Waals surface area contributed by atoms with E-state index in [1.807, 2.05) is 14.1 Å². The summed E-state index contributed by atoms with van der Waals surface area (Å²) in [6.45, 7) is 2.25. The standard InChI is InChI=1S/C28H38N4O7/c1-31(2)10-6-5-9-30-13-14-7-8-18(33)20-16(14)11-15-12-17-22(32(3)4)24(35)21(27(29)38)26(37)28(17,39)25(36)19(15)23(20)34/h7-8,15,17,22,30,33,35-36,39H,5-6,9-13H2,1-4H3,(H2,29,38)/t15-,17-,22-,28-/m0/s1. The molecule has 39 heavy (non-hydrogen) atoms. The van der Waals surface area contributed by atoms with Crippen LogP contribution in [0.5, 0.6) is 5.75 Å². The number of nitrogens with one attached hydrogen (secondary N) is 1. The molecule has 0 fully saturated rings. The summed E-state index contributed by atoms with van der Waals surface area (Å²) >= 11 is 0. The number of aromatic hydroxyl groups is 1. The summed E-state index contributed by atoms with van der Waals surface area (Å²) < 4.78 is 0. The predicted octanol–water partition coefficient (Wildman–Crippen LogP) is 0.552. The van der Waals surface area contributed by atoms with Crippen LogP contribution in [-0.2, 0) is 22.6 Å². The minimum Gasteiger partial charge on any atom is -0.510 e. The Morgan fingerprint density at radius 2 is 1.82 bits per heavy atom. The number of primary amides is 1. The Bertz CT molecular complexity index is 1270. The van der Waals surface area contributed by atoms with Gasteiger partial charge in [0.15, 0.2) is 11.4 Å². The van der Waals surface area contributed by atoms with E-state index < -0.39 is 58.0 Å². The lowest BCUT2D eigenvalue weighted by Gasteiger charge is -2.50. The van der Waals surface area contributed by atoms with Gasteiger partial charge in [-0.3, -0.25) is 19.3 Å². The normalized spacial score (nSPS) is 26.7. The number of amides is 1. The van der Waals surface area contributed by atoms with Crippen molar-refractivity contribution in [3.05, 3.63) is 51.5 Å². The SMILES string of the molecule is CN(C)CCCCNCc1ccc(O)c2c1C[C@H]1C[C@H]3[C@H](N(C)C)C(O)=C(C(N)=O)C(=O)[C@@]3(O)C(O)=C1C2=O. The molecule has 0 radical (unpaired) electrons. The summed E-state index contributed by atoms with van der Waals surface area (Å²) in [5.41, 5.74) is 3.28. The number of benzene rings is 1. The summed E-state index contributed by atoms with van der Waals surface area (Å²) in [6.07, 6.45) is 2.36. The average molecular weight is 543 g/mol. The van der Waals surface area contributed by atoms with Gasteiger partial charge in [-0.15, -0.1) is 0 Å². The van der Waals surface area contributed by atoms with Crippen LogP contribution in [-0.4, -0.2) is 101 Å². The van der Waals surface area contributed by atoms with Gasteiger partial charge in [-0.1, -0.05) is 6.07 Å². The number of likely N-dealkylation sites (N-methyl/N-ethyl adjacent to an activating group) is 1. The van der Waals surface area contributed by atoms with Gasteiger partial charge < -0.3 is 36.4 Å². The van der Waals surface area contributed by atoms with Crippen LogP contribution in [0.15, 0.2) is 34.8 Å². The Hall–Kier alpha value is -3.25. The summed E-state index contributed by atoms with van der Waals surface area (Å²) in [4.78, 5) is 42.8. The minimum atomic E-state index is -2.63. The van der Waals surface area contributed by atoms with E-state index in [0.29, 0.717) is 12.1 Å². The highest BCUT2D eigenvalue weighted by molar-refractivity contribution is 6.24. The Balaban J connectivity index is 1.72. The number of carbonyl (C=O) groups is 3. The number of hydrogen-bond donors (Lipinski definition) is 6. The Morgan fingerprint density at radius 1 is 1.13 bits per heavy atom. The molecule has 1 amide bonds. The number of allylic oxidation sites excluding steroid dienone is 1. The van der Waals surface area contributed by atoms with Gasteiger partial charge >= 0.3 is 0 Å². The summed E-state index contributed by atoms with van der Waals surface area (Å²) in [7, 11) is 7.26. The molecule has 4 atom stereocenters. The Labute approximate surface area is 227 Å². The van der Waals surface area contributed by atoms with Crippen LogP contribution < -0.4 is 11.1 Å². The van der Waals surface area contributed by atoms with Gasteiger partial charge in [0.05, 0.1) is 11.6 Å². The number of ketones is 2. The number of carbonyl (C=O) groups excluding carboxylic acids is 3. The van der Waals surface area contributed by atoms with Crippen molar-refractivity contribution in [1.82, 2.24) is 15.1 Å². The van der Waals surface area contributed by atoms with E-state index in [1.54, 1.807) is 20.2 Å². The van der Waals surface area contributed by atoms with Crippen LogP contribution in [0, 0.1) is 11.8 Å². The highest BCUT2D eigenvalue weighted by atomic mass is 16.3. The third-order valence-corrected chi connectivity index (χ3v) is 8.23. The number of nitrogens with zero attached hydrogens (tertiary/aromatic N) is 2. The summed E-state index contributed by atoms with van der Waals surface area (Å²) in [5.74, 6) is -6.48. The number of unbranched alkanes of at least 4 members (excludes halogenated alkanes) is 1. The molecule has 0 aromatic heterocycles. The molecule has 3 aliphatic carbocycles. The molecule has 1 aromatic carbocycles. The zero-order valence-corrected chi connectivity index (χ0v) is 22.8. The largest absolute Gasteiger partial charge is 0.510 e. The zero-order chi connectivity index (χ0) is 28.8. The van der Waals surface area contributed by atoms with Gasteiger partial charge in [0.2, 0.25) is 5.78 Å². The van der Waals surface area contributed by atoms with Crippen LogP contribution in [0.2, 0.25) is 0 Å². The van der Waals surface area contributed by atoms with Gasteiger partial charge in [-0.25, -0.2) is 0 Å². The number of aliphatic hydroxyl groups excluding tert-OH is 2. The van der Waals surface area contributed by atoms with Gasteiger partial charge in [-0.05, 0) is 90.1 Å². The molecule has 7 N–H and O–H groups in total. The van der Waals surface area contributed by atoms with E-state index in [-0.39, 0.29) is 29.7 Å². The molecule has 0 saturated heterocycles. The summed E-state index contributed by atoms with van der Waals surface area (Å²) in [6, 6.07) is 2.18. The number of Topliss-reactive ketones (excluding diaryl/α,β-unsaturated/α-hetero) is 2. The second kappa shape index (κ2) is 10.7. The van der Waals surface area contributed by atoms with Crippen LogP contribution in [0.1, 0.15) is 40.7 Å². The lowest BCUT2D eigenvalue weighted by Crippen LogP contribution is -2.63. The minimum absolute atomic E-state index is 0.0303. The van der Waals surface area contributed by atoms with Crippen LogP contribution >= 0.6 is 0 Å².